The highest BCUT2D eigenvalue weighted by Gasteiger charge is 2.39. The van der Waals surface area contributed by atoms with Crippen molar-refractivity contribution in [2.45, 2.75) is 40.1 Å². The van der Waals surface area contributed by atoms with Crippen molar-refractivity contribution in [1.29, 1.82) is 0 Å². The summed E-state index contributed by atoms with van der Waals surface area (Å²) in [6, 6.07) is 9.79. The minimum absolute atomic E-state index is 0.0422. The second-order valence-corrected chi connectivity index (χ2v) is 12.7. The minimum Gasteiger partial charge on any atom is -0.475 e. The minimum atomic E-state index is -5.08. The van der Waals surface area contributed by atoms with Crippen LogP contribution in [0.1, 0.15) is 24.4 Å². The first-order valence-electron chi connectivity index (χ1n) is 11.7. The molecule has 2 aliphatic rings. The molecule has 2 fully saturated rings. The highest BCUT2D eigenvalue weighted by molar-refractivity contribution is 7.94. The Balaban J connectivity index is 0.000000493. The van der Waals surface area contributed by atoms with Gasteiger partial charge in [-0.1, -0.05) is 24.3 Å². The molecule has 1 aromatic heterocycles. The number of primary sulfonamides is 1. The maximum Gasteiger partial charge on any atom is 0.490 e. The van der Waals surface area contributed by atoms with Gasteiger partial charge in [0.05, 0.1) is 21.8 Å². The third-order valence-corrected chi connectivity index (χ3v) is 9.59. The van der Waals surface area contributed by atoms with Gasteiger partial charge in [-0.15, -0.1) is 10.2 Å². The van der Waals surface area contributed by atoms with Crippen LogP contribution in [0.15, 0.2) is 46.2 Å². The second-order valence-electron chi connectivity index (χ2n) is 9.01. The number of aromatic amines is 1. The van der Waals surface area contributed by atoms with Crippen LogP contribution in [-0.2, 0) is 29.4 Å². The van der Waals surface area contributed by atoms with E-state index >= 15 is 0 Å². The van der Waals surface area contributed by atoms with E-state index in [4.69, 9.17) is 15.0 Å². The van der Waals surface area contributed by atoms with Gasteiger partial charge < -0.3 is 15.7 Å². The number of nitrogens with two attached hydrogens (primary N) is 1. The van der Waals surface area contributed by atoms with Crippen molar-refractivity contribution in [3.8, 4) is 22.5 Å². The van der Waals surface area contributed by atoms with Crippen molar-refractivity contribution in [3.05, 3.63) is 42.0 Å². The lowest BCUT2D eigenvalue weighted by Crippen LogP contribution is -2.51. The smallest absolute Gasteiger partial charge is 0.475 e. The maximum absolute atomic E-state index is 13.2. The first-order chi connectivity index (χ1) is 19.1. The molecule has 0 spiro atoms. The Hall–Kier alpha value is -3.94. The molecule has 2 saturated heterocycles. The van der Waals surface area contributed by atoms with Crippen molar-refractivity contribution in [3.63, 3.8) is 0 Å². The number of benzene rings is 2. The molecule has 0 saturated carbocycles. The number of aliphatic carboxylic acids is 1. The second kappa shape index (κ2) is 11.1. The molecule has 19 heteroatoms. The highest BCUT2D eigenvalue weighted by atomic mass is 32.2. The fourth-order valence-corrected chi connectivity index (χ4v) is 7.43. The van der Waals surface area contributed by atoms with Gasteiger partial charge in [-0.25, -0.2) is 26.8 Å². The zero-order chi connectivity index (χ0) is 30.2. The van der Waals surface area contributed by atoms with Gasteiger partial charge >= 0.3 is 12.1 Å². The zero-order valence-corrected chi connectivity index (χ0v) is 22.3. The van der Waals surface area contributed by atoms with Gasteiger partial charge in [0, 0.05) is 19.5 Å². The van der Waals surface area contributed by atoms with Crippen molar-refractivity contribution < 1.29 is 44.7 Å². The number of hydrogen-bond donors (Lipinski definition) is 5. The van der Waals surface area contributed by atoms with Crippen LogP contribution in [0, 0.1) is 0 Å². The highest BCUT2D eigenvalue weighted by Crippen LogP contribution is 2.40. The number of hydrogen-bond acceptors (Lipinski definition) is 10. The number of halogens is 3. The van der Waals surface area contributed by atoms with Gasteiger partial charge in [0.2, 0.25) is 21.8 Å². The number of sulfonamides is 1. The van der Waals surface area contributed by atoms with Gasteiger partial charge in [0.1, 0.15) is 4.90 Å². The molecule has 3 aromatic rings. The standard InChI is InChI=1S/C20H21N7O5S2.C2HF3O2/c21-34(31,32)19-16(33(29,30)13-9-22-10-13)6-4-14(18(19)20-24-26-27-25-20)11-2-1-3-12(8-11)15-5-7-17(28)23-15;3-2(4,5)1(6)7/h1-4,6,8,13,15,22H,5,7,9-10H2,(H,23,28)(H2,21,31,32)(H,24,25,26,27);(H,6,7). The summed E-state index contributed by atoms with van der Waals surface area (Å²) in [4.78, 5) is 19.6. The molecular weight excluding hydrogens is 595 g/mol. The summed E-state index contributed by atoms with van der Waals surface area (Å²) in [5, 5.41) is 31.4. The molecule has 3 heterocycles. The number of alkyl halides is 3. The summed E-state index contributed by atoms with van der Waals surface area (Å²) < 4.78 is 83.8. The van der Waals surface area contributed by atoms with E-state index in [1.165, 1.54) is 12.1 Å². The topological polar surface area (TPSA) is 227 Å². The lowest BCUT2D eigenvalue weighted by molar-refractivity contribution is -0.192. The van der Waals surface area contributed by atoms with E-state index in [0.29, 0.717) is 24.0 Å². The number of carboxylic acids is 1. The SMILES string of the molecule is NS(=O)(=O)c1c(S(=O)(=O)C2CNC2)ccc(-c2cccc(C3CCC(=O)N3)c2)c1-c1nn[nH]n1.O=C(O)C(F)(F)F. The maximum atomic E-state index is 13.2. The summed E-state index contributed by atoms with van der Waals surface area (Å²) in [5.41, 5.74) is 1.72. The van der Waals surface area contributed by atoms with Gasteiger partial charge in [-0.2, -0.15) is 18.4 Å². The molecule has 41 heavy (non-hydrogen) atoms. The van der Waals surface area contributed by atoms with Crippen molar-refractivity contribution in [2.24, 2.45) is 5.14 Å². The summed E-state index contributed by atoms with van der Waals surface area (Å²) in [7, 11) is -8.54. The Labute approximate surface area is 230 Å². The molecule has 14 nitrogen and oxygen atoms in total. The first kappa shape index (κ1) is 30.0. The Morgan fingerprint density at radius 2 is 1.78 bits per heavy atom. The zero-order valence-electron chi connectivity index (χ0n) is 20.7. The number of sulfone groups is 1. The Morgan fingerprint density at radius 1 is 1.10 bits per heavy atom. The van der Waals surface area contributed by atoms with Crippen molar-refractivity contribution in [1.82, 2.24) is 31.3 Å². The van der Waals surface area contributed by atoms with E-state index in [9.17, 15) is 34.8 Å². The van der Waals surface area contributed by atoms with E-state index in [-0.39, 0.29) is 36.4 Å². The predicted octanol–water partition coefficient (Wildman–Crippen LogP) is 0.511. The van der Waals surface area contributed by atoms with Crippen LogP contribution >= 0.6 is 0 Å². The first-order valence-corrected chi connectivity index (χ1v) is 14.8. The molecule has 0 bridgehead atoms. The van der Waals surface area contributed by atoms with Crippen LogP contribution in [0.25, 0.3) is 22.5 Å². The Morgan fingerprint density at radius 3 is 2.27 bits per heavy atom. The van der Waals surface area contributed by atoms with Gasteiger partial charge in [0.15, 0.2) is 9.84 Å². The average Bonchev–Trinajstić information content (AvgIpc) is 3.53. The average molecular weight is 618 g/mol. The number of aromatic nitrogens is 4. The van der Waals surface area contributed by atoms with E-state index in [1.807, 2.05) is 12.1 Å². The molecular formula is C22H22F3N7O7S2. The van der Waals surface area contributed by atoms with Crippen LogP contribution in [0.4, 0.5) is 13.2 Å². The largest absolute Gasteiger partial charge is 0.490 e. The van der Waals surface area contributed by atoms with E-state index in [0.717, 1.165) is 5.56 Å². The number of carbonyl (C=O) groups excluding carboxylic acids is 1. The molecule has 1 amide bonds. The summed E-state index contributed by atoms with van der Waals surface area (Å²) in [5.74, 6) is -2.91. The van der Waals surface area contributed by atoms with Gasteiger partial charge in [0.25, 0.3) is 0 Å². The third kappa shape index (κ3) is 6.37. The Kier molecular flexibility index (Phi) is 8.16. The fourth-order valence-electron chi connectivity index (χ4n) is 4.25. The number of carbonyl (C=O) groups is 2. The van der Waals surface area contributed by atoms with Crippen LogP contribution in [0.3, 0.4) is 0 Å². The fraction of sp³-hybridized carbons (Fsp3) is 0.318. The molecule has 2 aromatic carbocycles. The van der Waals surface area contributed by atoms with E-state index < -0.39 is 47.0 Å². The number of tetrazole rings is 1. The number of nitrogens with zero attached hydrogens (tertiary/aromatic N) is 3. The van der Waals surface area contributed by atoms with Crippen molar-refractivity contribution in [2.75, 3.05) is 13.1 Å². The lowest BCUT2D eigenvalue weighted by atomic mass is 9.95. The number of H-pyrrole nitrogens is 1. The summed E-state index contributed by atoms with van der Waals surface area (Å²) in [6.45, 7) is 0.418. The van der Waals surface area contributed by atoms with E-state index in [2.05, 4.69) is 31.3 Å². The van der Waals surface area contributed by atoms with Crippen LogP contribution in [0.5, 0.6) is 0 Å². The molecule has 220 valence electrons. The summed E-state index contributed by atoms with van der Waals surface area (Å²) in [6.07, 6.45) is -4.03. The number of rotatable bonds is 6. The van der Waals surface area contributed by atoms with Crippen LogP contribution < -0.4 is 15.8 Å². The lowest BCUT2D eigenvalue weighted by Gasteiger charge is -2.28. The molecule has 0 aliphatic carbocycles. The molecule has 1 unspecified atom stereocenters. The quantitative estimate of drug-likeness (QED) is 0.256. The summed E-state index contributed by atoms with van der Waals surface area (Å²) >= 11 is 0. The van der Waals surface area contributed by atoms with Crippen LogP contribution in [0.2, 0.25) is 0 Å². The normalized spacial score (nSPS) is 17.8. The Bertz CT molecular complexity index is 1690. The molecule has 1 atom stereocenters. The molecule has 6 N–H and O–H groups in total. The molecule has 0 radical (unpaired) electrons. The molecule has 2 aliphatic heterocycles. The third-order valence-electron chi connectivity index (χ3n) is 6.30. The molecule has 5 rings (SSSR count). The number of nitrogens with one attached hydrogen (secondary N) is 3. The number of carboxylic acid groups (broad SMARTS) is 1. The predicted molar refractivity (Wildman–Crippen MR) is 134 cm³/mol. The van der Waals surface area contributed by atoms with Gasteiger partial charge in [-0.05, 0) is 40.5 Å². The number of amides is 1. The monoisotopic (exact) mass is 617 g/mol. The van der Waals surface area contributed by atoms with Crippen LogP contribution in [-0.4, -0.2) is 79.0 Å². The van der Waals surface area contributed by atoms with Gasteiger partial charge in [-0.3, -0.25) is 4.79 Å². The van der Waals surface area contributed by atoms with Crippen molar-refractivity contribution >= 4 is 31.7 Å². The van der Waals surface area contributed by atoms with E-state index in [1.54, 1.807) is 12.1 Å².